The summed E-state index contributed by atoms with van der Waals surface area (Å²) in [6.07, 6.45) is 3.15. The molecule has 0 bridgehead atoms. The molecule has 0 aliphatic heterocycles. The van der Waals surface area contributed by atoms with Crippen LogP contribution in [0.15, 0.2) is 41.7 Å². The first-order valence-corrected chi connectivity index (χ1v) is 7.07. The Kier molecular flexibility index (Phi) is 4.44. The maximum absolute atomic E-state index is 10.0. The van der Waals surface area contributed by atoms with E-state index in [1.165, 1.54) is 10.5 Å². The maximum Gasteiger partial charge on any atom is 0.107 e. The lowest BCUT2D eigenvalue weighted by Gasteiger charge is -2.07. The molecule has 2 aromatic rings. The van der Waals surface area contributed by atoms with Gasteiger partial charge in [-0.1, -0.05) is 17.7 Å². The number of thioether (sulfide) groups is 1. The zero-order chi connectivity index (χ0) is 13.0. The molecule has 4 heteroatoms. The molecule has 0 amide bonds. The molecule has 0 saturated carbocycles. The summed E-state index contributed by atoms with van der Waals surface area (Å²) in [7, 11) is 0. The lowest BCUT2D eigenvalue weighted by atomic mass is 10.2. The fraction of sp³-hybridized carbons (Fsp3) is 0.357. The average Bonchev–Trinajstić information content (AvgIpc) is 2.86. The molecule has 0 aliphatic carbocycles. The number of aliphatic hydroxyl groups excluding tert-OH is 1. The molecule has 1 heterocycles. The predicted molar refractivity (Wildman–Crippen MR) is 74.8 cm³/mol. The summed E-state index contributed by atoms with van der Waals surface area (Å²) in [5.41, 5.74) is 2.00. The molecule has 0 aliphatic rings. The van der Waals surface area contributed by atoms with E-state index in [0.29, 0.717) is 5.75 Å². The third-order valence-electron chi connectivity index (χ3n) is 2.79. The second-order valence-corrected chi connectivity index (χ2v) is 5.36. The largest absolute Gasteiger partial charge is 0.386 e. The Balaban J connectivity index is 1.91. The molecule has 2 rings (SSSR count). The van der Waals surface area contributed by atoms with Crippen LogP contribution < -0.4 is 0 Å². The molecule has 3 nitrogen and oxygen atoms in total. The molecule has 0 fully saturated rings. The van der Waals surface area contributed by atoms with Crippen LogP contribution in [0.1, 0.15) is 24.3 Å². The highest BCUT2D eigenvalue weighted by Crippen LogP contribution is 2.24. The minimum atomic E-state index is -0.510. The summed E-state index contributed by atoms with van der Waals surface area (Å²) in [5, 5.41) is 10.0. The molecule has 1 atom stereocenters. The van der Waals surface area contributed by atoms with Gasteiger partial charge in [0.25, 0.3) is 0 Å². The summed E-state index contributed by atoms with van der Waals surface area (Å²) >= 11 is 1.65. The van der Waals surface area contributed by atoms with Crippen LogP contribution in [0.5, 0.6) is 0 Å². The van der Waals surface area contributed by atoms with E-state index in [9.17, 15) is 5.11 Å². The van der Waals surface area contributed by atoms with Crippen LogP contribution in [0, 0.1) is 6.92 Å². The molecular formula is C14H18N2OS. The number of rotatable bonds is 5. The summed E-state index contributed by atoms with van der Waals surface area (Å²) in [5.74, 6) is 0.629. The van der Waals surface area contributed by atoms with Crippen molar-refractivity contribution in [3.8, 4) is 0 Å². The summed E-state index contributed by atoms with van der Waals surface area (Å²) in [6, 6.07) is 8.33. The quantitative estimate of drug-likeness (QED) is 0.842. The Bertz CT molecular complexity index is 493. The van der Waals surface area contributed by atoms with E-state index in [1.54, 1.807) is 18.1 Å². The van der Waals surface area contributed by atoms with E-state index in [2.05, 4.69) is 43.1 Å². The molecule has 0 radical (unpaired) electrons. The van der Waals surface area contributed by atoms with Crippen LogP contribution in [-0.4, -0.2) is 20.4 Å². The fourth-order valence-electron chi connectivity index (χ4n) is 1.62. The third-order valence-corrected chi connectivity index (χ3v) is 3.88. The zero-order valence-corrected chi connectivity index (χ0v) is 11.5. The number of hydrogen-bond donors (Lipinski definition) is 1. The first-order valence-electron chi connectivity index (χ1n) is 6.08. The molecule has 1 N–H and O–H groups in total. The number of imidazole rings is 1. The van der Waals surface area contributed by atoms with Crippen LogP contribution >= 0.6 is 11.8 Å². The Morgan fingerprint density at radius 2 is 2.06 bits per heavy atom. The molecule has 1 aromatic heterocycles. The van der Waals surface area contributed by atoms with Gasteiger partial charge in [-0.3, -0.25) is 0 Å². The second kappa shape index (κ2) is 6.07. The van der Waals surface area contributed by atoms with Crippen molar-refractivity contribution in [2.45, 2.75) is 31.4 Å². The lowest BCUT2D eigenvalue weighted by Crippen LogP contribution is -2.01. The smallest absolute Gasteiger partial charge is 0.107 e. The number of aromatic nitrogens is 2. The third kappa shape index (κ3) is 3.37. The zero-order valence-electron chi connectivity index (χ0n) is 10.7. The van der Waals surface area contributed by atoms with Crippen molar-refractivity contribution in [1.29, 1.82) is 0 Å². The van der Waals surface area contributed by atoms with Gasteiger partial charge < -0.3 is 9.67 Å². The molecule has 96 valence electrons. The average molecular weight is 262 g/mol. The first-order chi connectivity index (χ1) is 8.69. The van der Waals surface area contributed by atoms with Crippen LogP contribution in [0.3, 0.4) is 0 Å². The Morgan fingerprint density at radius 1 is 1.33 bits per heavy atom. The van der Waals surface area contributed by atoms with E-state index >= 15 is 0 Å². The monoisotopic (exact) mass is 262 g/mol. The number of nitrogens with zero attached hydrogens (tertiary/aromatic N) is 2. The van der Waals surface area contributed by atoms with Gasteiger partial charge in [-0.15, -0.1) is 11.8 Å². The number of hydrogen-bond acceptors (Lipinski definition) is 3. The van der Waals surface area contributed by atoms with Crippen LogP contribution in [0.2, 0.25) is 0 Å². The van der Waals surface area contributed by atoms with Crippen LogP contribution in [-0.2, 0) is 6.54 Å². The minimum Gasteiger partial charge on any atom is -0.386 e. The number of aryl methyl sites for hydroxylation is 2. The first kappa shape index (κ1) is 13.2. The molecule has 1 unspecified atom stereocenters. The highest BCUT2D eigenvalue weighted by atomic mass is 32.2. The van der Waals surface area contributed by atoms with Gasteiger partial charge in [-0.25, -0.2) is 4.98 Å². The molecule has 1 aromatic carbocycles. The van der Waals surface area contributed by atoms with Gasteiger partial charge in [0, 0.05) is 23.4 Å². The summed E-state index contributed by atoms with van der Waals surface area (Å²) < 4.78 is 1.97. The van der Waals surface area contributed by atoms with Crippen molar-refractivity contribution in [3.05, 3.63) is 48.0 Å². The van der Waals surface area contributed by atoms with Gasteiger partial charge in [0.1, 0.15) is 6.10 Å². The van der Waals surface area contributed by atoms with Crippen LogP contribution in [0.25, 0.3) is 0 Å². The Hall–Kier alpha value is -1.26. The lowest BCUT2D eigenvalue weighted by molar-refractivity contribution is 0.199. The van der Waals surface area contributed by atoms with Gasteiger partial charge >= 0.3 is 0 Å². The SMILES string of the molecule is CCn1cnc(C(O)CSc2ccc(C)cc2)c1. The van der Waals surface area contributed by atoms with E-state index in [4.69, 9.17) is 0 Å². The molecule has 18 heavy (non-hydrogen) atoms. The van der Waals surface area contributed by atoms with Gasteiger partial charge in [-0.05, 0) is 26.0 Å². The van der Waals surface area contributed by atoms with Gasteiger partial charge in [0.05, 0.1) is 12.0 Å². The normalized spacial score (nSPS) is 12.6. The van der Waals surface area contributed by atoms with Crippen molar-refractivity contribution in [2.24, 2.45) is 0 Å². The minimum absolute atomic E-state index is 0.510. The Labute approximate surface area is 112 Å². The van der Waals surface area contributed by atoms with Gasteiger partial charge in [0.2, 0.25) is 0 Å². The van der Waals surface area contributed by atoms with Gasteiger partial charge in [0.15, 0.2) is 0 Å². The summed E-state index contributed by atoms with van der Waals surface area (Å²) in [4.78, 5) is 5.39. The van der Waals surface area contributed by atoms with Crippen molar-refractivity contribution in [3.63, 3.8) is 0 Å². The van der Waals surface area contributed by atoms with E-state index in [1.807, 2.05) is 10.8 Å². The van der Waals surface area contributed by atoms with Crippen molar-refractivity contribution in [1.82, 2.24) is 9.55 Å². The molecule has 0 spiro atoms. The van der Waals surface area contributed by atoms with E-state index in [-0.39, 0.29) is 0 Å². The Morgan fingerprint density at radius 3 is 2.67 bits per heavy atom. The van der Waals surface area contributed by atoms with Crippen LogP contribution in [0.4, 0.5) is 0 Å². The summed E-state index contributed by atoms with van der Waals surface area (Å²) in [6.45, 7) is 5.00. The predicted octanol–water partition coefficient (Wildman–Crippen LogP) is 3.04. The topological polar surface area (TPSA) is 38.0 Å². The second-order valence-electron chi connectivity index (χ2n) is 4.27. The van der Waals surface area contributed by atoms with E-state index < -0.39 is 6.10 Å². The van der Waals surface area contributed by atoms with Gasteiger partial charge in [-0.2, -0.15) is 0 Å². The fourth-order valence-corrected chi connectivity index (χ4v) is 2.47. The van der Waals surface area contributed by atoms with Crippen molar-refractivity contribution >= 4 is 11.8 Å². The van der Waals surface area contributed by atoms with Crippen molar-refractivity contribution < 1.29 is 5.11 Å². The standard InChI is InChI=1S/C14H18N2OS/c1-3-16-8-13(15-10-16)14(17)9-18-12-6-4-11(2)5-7-12/h4-8,10,14,17H,3,9H2,1-2H3. The highest BCUT2D eigenvalue weighted by molar-refractivity contribution is 7.99. The highest BCUT2D eigenvalue weighted by Gasteiger charge is 2.11. The maximum atomic E-state index is 10.0. The van der Waals surface area contributed by atoms with Crippen molar-refractivity contribution in [2.75, 3.05) is 5.75 Å². The number of aliphatic hydroxyl groups is 1. The van der Waals surface area contributed by atoms with E-state index in [0.717, 1.165) is 12.2 Å². The number of benzene rings is 1. The molecule has 0 saturated heterocycles. The molecular weight excluding hydrogens is 244 g/mol.